The summed E-state index contributed by atoms with van der Waals surface area (Å²) < 4.78 is 39.9. The summed E-state index contributed by atoms with van der Waals surface area (Å²) in [4.78, 5) is 12.6. The van der Waals surface area contributed by atoms with Crippen LogP contribution < -0.4 is 0 Å². The van der Waals surface area contributed by atoms with Crippen LogP contribution in [0.5, 0.6) is 0 Å². The fourth-order valence-corrected chi connectivity index (χ4v) is 5.09. The number of piperidine rings is 1. The molecule has 0 radical (unpaired) electrons. The maximum atomic E-state index is 13.0. The van der Waals surface area contributed by atoms with Gasteiger partial charge >= 0.3 is 0 Å². The van der Waals surface area contributed by atoms with E-state index in [2.05, 4.69) is 0 Å². The van der Waals surface area contributed by atoms with Crippen LogP contribution in [0.2, 0.25) is 5.02 Å². The molecule has 1 heterocycles. The second-order valence-electron chi connectivity index (χ2n) is 6.42. The van der Waals surface area contributed by atoms with Gasteiger partial charge in [-0.15, -0.1) is 0 Å². The van der Waals surface area contributed by atoms with Crippen LogP contribution in [0.15, 0.2) is 48.5 Å². The fourth-order valence-electron chi connectivity index (χ4n) is 3.16. The van der Waals surface area contributed by atoms with Gasteiger partial charge in [0.1, 0.15) is 5.82 Å². The van der Waals surface area contributed by atoms with E-state index in [9.17, 15) is 17.6 Å². The maximum Gasteiger partial charge on any atom is 0.218 e. The molecule has 1 unspecified atom stereocenters. The molecule has 4 nitrogen and oxygen atoms in total. The zero-order chi connectivity index (χ0) is 18.7. The third-order valence-electron chi connectivity index (χ3n) is 4.57. The van der Waals surface area contributed by atoms with E-state index < -0.39 is 21.8 Å². The Bertz CT molecular complexity index is 899. The molecule has 1 aliphatic rings. The van der Waals surface area contributed by atoms with Gasteiger partial charge < -0.3 is 0 Å². The van der Waals surface area contributed by atoms with Crippen molar-refractivity contribution in [3.8, 4) is 0 Å². The molecule has 2 aromatic rings. The highest BCUT2D eigenvalue weighted by molar-refractivity contribution is 7.88. The van der Waals surface area contributed by atoms with E-state index in [-0.39, 0.29) is 18.1 Å². The van der Waals surface area contributed by atoms with Crippen LogP contribution in [-0.2, 0) is 15.8 Å². The van der Waals surface area contributed by atoms with Crippen LogP contribution in [0.1, 0.15) is 28.8 Å². The molecule has 0 spiro atoms. The number of Topliss-reactive ketones (excluding diaryl/α,β-unsaturated/α-hetero) is 1. The molecular formula is C19H19ClFNO3S. The first kappa shape index (κ1) is 19.0. The number of benzene rings is 2. The Hall–Kier alpha value is -1.76. The van der Waals surface area contributed by atoms with E-state index >= 15 is 0 Å². The lowest BCUT2D eigenvalue weighted by Gasteiger charge is -2.31. The largest absolute Gasteiger partial charge is 0.294 e. The van der Waals surface area contributed by atoms with Crippen LogP contribution in [0, 0.1) is 11.7 Å². The molecule has 3 rings (SSSR count). The summed E-state index contributed by atoms with van der Waals surface area (Å²) in [6.45, 7) is 0.531. The zero-order valence-electron chi connectivity index (χ0n) is 14.1. The number of hydrogen-bond donors (Lipinski definition) is 0. The lowest BCUT2D eigenvalue weighted by molar-refractivity contribution is 0.0872. The van der Waals surface area contributed by atoms with Crippen LogP contribution in [0.25, 0.3) is 0 Å². The van der Waals surface area contributed by atoms with Crippen molar-refractivity contribution in [2.45, 2.75) is 18.6 Å². The van der Waals surface area contributed by atoms with Crippen molar-refractivity contribution >= 4 is 27.4 Å². The lowest BCUT2D eigenvalue weighted by atomic mass is 9.91. The summed E-state index contributed by atoms with van der Waals surface area (Å²) in [7, 11) is -3.58. The van der Waals surface area contributed by atoms with E-state index in [0.717, 1.165) is 0 Å². The first-order valence-corrected chi connectivity index (χ1v) is 10.4. The van der Waals surface area contributed by atoms with Crippen LogP contribution >= 0.6 is 11.6 Å². The Morgan fingerprint density at radius 3 is 2.54 bits per heavy atom. The Balaban J connectivity index is 1.74. The molecule has 0 amide bonds. The van der Waals surface area contributed by atoms with Crippen molar-refractivity contribution < 1.29 is 17.6 Å². The minimum Gasteiger partial charge on any atom is -0.294 e. The molecule has 0 saturated carbocycles. The second-order valence-corrected chi connectivity index (χ2v) is 8.79. The van der Waals surface area contributed by atoms with Crippen LogP contribution in [0.3, 0.4) is 0 Å². The van der Waals surface area contributed by atoms with Crippen LogP contribution in [-0.4, -0.2) is 31.6 Å². The number of ketones is 1. The molecular weight excluding hydrogens is 377 g/mol. The standard InChI is InChI=1S/C19H19ClFNO3S/c20-18-6-2-1-4-16(18)13-26(24,25)22-11-3-5-15(12-22)19(23)14-7-9-17(21)10-8-14/h1-2,4,6-10,15H,3,5,11-13H2. The van der Waals surface area contributed by atoms with Gasteiger partial charge in [-0.3, -0.25) is 4.79 Å². The minimum atomic E-state index is -3.58. The highest BCUT2D eigenvalue weighted by Gasteiger charge is 2.33. The summed E-state index contributed by atoms with van der Waals surface area (Å²) in [5.41, 5.74) is 0.947. The Morgan fingerprint density at radius 2 is 1.85 bits per heavy atom. The molecule has 26 heavy (non-hydrogen) atoms. The summed E-state index contributed by atoms with van der Waals surface area (Å²) in [5, 5.41) is 0.409. The number of sulfonamides is 1. The van der Waals surface area contributed by atoms with E-state index in [4.69, 9.17) is 11.6 Å². The Morgan fingerprint density at radius 1 is 1.15 bits per heavy atom. The second kappa shape index (κ2) is 7.86. The number of rotatable bonds is 5. The third kappa shape index (κ3) is 4.31. The zero-order valence-corrected chi connectivity index (χ0v) is 15.6. The highest BCUT2D eigenvalue weighted by atomic mass is 35.5. The molecule has 1 saturated heterocycles. The van der Waals surface area contributed by atoms with Crippen molar-refractivity contribution in [3.05, 3.63) is 70.5 Å². The van der Waals surface area contributed by atoms with E-state index in [1.165, 1.54) is 28.6 Å². The lowest BCUT2D eigenvalue weighted by Crippen LogP contribution is -2.42. The van der Waals surface area contributed by atoms with Gasteiger partial charge in [-0.2, -0.15) is 0 Å². The number of nitrogens with zero attached hydrogens (tertiary/aromatic N) is 1. The number of hydrogen-bond acceptors (Lipinski definition) is 3. The maximum absolute atomic E-state index is 13.0. The number of halogens is 2. The van der Waals surface area contributed by atoms with Gasteiger partial charge in [-0.05, 0) is 48.7 Å². The summed E-state index contributed by atoms with van der Waals surface area (Å²) in [5.74, 6) is -1.17. The molecule has 2 aromatic carbocycles. The van der Waals surface area contributed by atoms with Crippen molar-refractivity contribution in [2.24, 2.45) is 5.92 Å². The SMILES string of the molecule is O=C(c1ccc(F)cc1)C1CCCN(S(=O)(=O)Cc2ccccc2Cl)C1. The predicted octanol–water partition coefficient (Wildman–Crippen LogP) is 3.90. The van der Waals surface area contributed by atoms with Crippen LogP contribution in [0.4, 0.5) is 4.39 Å². The van der Waals surface area contributed by atoms with Gasteiger partial charge in [0.2, 0.25) is 10.0 Å². The smallest absolute Gasteiger partial charge is 0.218 e. The number of carbonyl (C=O) groups excluding carboxylic acids is 1. The van der Waals surface area contributed by atoms with Crippen molar-refractivity contribution in [1.29, 1.82) is 0 Å². The molecule has 0 aliphatic carbocycles. The highest BCUT2D eigenvalue weighted by Crippen LogP contribution is 2.26. The van der Waals surface area contributed by atoms with Gasteiger partial charge in [0.15, 0.2) is 5.78 Å². The monoisotopic (exact) mass is 395 g/mol. The predicted molar refractivity (Wildman–Crippen MR) is 99.1 cm³/mol. The van der Waals surface area contributed by atoms with Crippen molar-refractivity contribution in [1.82, 2.24) is 4.31 Å². The van der Waals surface area contributed by atoms with E-state index in [1.54, 1.807) is 24.3 Å². The Labute approximate surface area is 157 Å². The van der Waals surface area contributed by atoms with Crippen molar-refractivity contribution in [2.75, 3.05) is 13.1 Å². The van der Waals surface area contributed by atoms with Gasteiger partial charge in [0.05, 0.1) is 5.75 Å². The summed E-state index contributed by atoms with van der Waals surface area (Å²) in [6, 6.07) is 12.2. The van der Waals surface area contributed by atoms with Gasteiger partial charge in [-0.25, -0.2) is 17.1 Å². The average Bonchev–Trinajstić information content (AvgIpc) is 2.64. The number of carbonyl (C=O) groups is 1. The molecule has 1 aliphatic heterocycles. The van der Waals surface area contributed by atoms with E-state index in [0.29, 0.717) is 35.5 Å². The van der Waals surface area contributed by atoms with Crippen molar-refractivity contribution in [3.63, 3.8) is 0 Å². The molecule has 1 atom stereocenters. The van der Waals surface area contributed by atoms with Gasteiger partial charge in [-0.1, -0.05) is 29.8 Å². The minimum absolute atomic E-state index is 0.142. The summed E-state index contributed by atoms with van der Waals surface area (Å²) in [6.07, 6.45) is 1.23. The average molecular weight is 396 g/mol. The molecule has 0 aromatic heterocycles. The quantitative estimate of drug-likeness (QED) is 0.721. The first-order chi connectivity index (χ1) is 12.4. The molecule has 0 N–H and O–H groups in total. The topological polar surface area (TPSA) is 54.5 Å². The van der Waals surface area contributed by atoms with Gasteiger partial charge in [0, 0.05) is 29.6 Å². The molecule has 138 valence electrons. The first-order valence-electron chi connectivity index (χ1n) is 8.38. The Kier molecular flexibility index (Phi) is 5.75. The van der Waals surface area contributed by atoms with E-state index in [1.807, 2.05) is 0 Å². The van der Waals surface area contributed by atoms with Gasteiger partial charge in [0.25, 0.3) is 0 Å². The third-order valence-corrected chi connectivity index (χ3v) is 6.74. The normalized spacial score (nSPS) is 18.6. The molecule has 0 bridgehead atoms. The summed E-state index contributed by atoms with van der Waals surface area (Å²) >= 11 is 6.07. The fraction of sp³-hybridized carbons (Fsp3) is 0.316. The molecule has 1 fully saturated rings. The molecule has 7 heteroatoms.